The molecule has 0 aromatic heterocycles. The lowest BCUT2D eigenvalue weighted by Crippen LogP contribution is -2.01. The molecule has 5 aromatic carbocycles. The number of hydrogen-bond acceptors (Lipinski definition) is 0. The van der Waals surface area contributed by atoms with Gasteiger partial charge in [0.25, 0.3) is 0 Å². The molecule has 50 heavy (non-hydrogen) atoms. The lowest BCUT2D eigenvalue weighted by atomic mass is 9.74. The molecule has 234 valence electrons. The quantitative estimate of drug-likeness (QED) is 0.171. The van der Waals surface area contributed by atoms with Gasteiger partial charge in [-0.3, -0.25) is 0 Å². The molecule has 4 aliphatic carbocycles. The van der Waals surface area contributed by atoms with E-state index in [1.165, 1.54) is 89.0 Å². The third-order valence-corrected chi connectivity index (χ3v) is 9.87. The third-order valence-electron chi connectivity index (χ3n) is 9.87. The van der Waals surface area contributed by atoms with Crippen LogP contribution in [-0.4, -0.2) is 0 Å². The zero-order valence-electron chi connectivity index (χ0n) is 27.6. The van der Waals surface area contributed by atoms with Gasteiger partial charge < -0.3 is 0 Å². The number of rotatable bonds is 6. The Kier molecular flexibility index (Phi) is 7.61. The van der Waals surface area contributed by atoms with Crippen LogP contribution in [-0.2, 0) is 0 Å². The smallest absolute Gasteiger partial charge is 0.00139 e. The van der Waals surface area contributed by atoms with Crippen LogP contribution in [0.4, 0.5) is 0 Å². The second kappa shape index (κ2) is 12.8. The van der Waals surface area contributed by atoms with Gasteiger partial charge in [0.05, 0.1) is 0 Å². The average molecular weight is 635 g/mol. The van der Waals surface area contributed by atoms with E-state index in [4.69, 9.17) is 0 Å². The fourth-order valence-electron chi connectivity index (χ4n) is 7.57. The fourth-order valence-corrected chi connectivity index (χ4v) is 7.57. The summed E-state index contributed by atoms with van der Waals surface area (Å²) in [7, 11) is 0. The highest BCUT2D eigenvalue weighted by atomic mass is 14.3. The van der Waals surface area contributed by atoms with Crippen LogP contribution >= 0.6 is 0 Å². The highest BCUT2D eigenvalue weighted by Gasteiger charge is 2.29. The molecule has 0 amide bonds. The largest absolute Gasteiger partial charge is 0.0622 e. The Hall–Kier alpha value is -6.50. The predicted molar refractivity (Wildman–Crippen MR) is 212 cm³/mol. The van der Waals surface area contributed by atoms with Crippen molar-refractivity contribution in [1.82, 2.24) is 0 Å². The summed E-state index contributed by atoms with van der Waals surface area (Å²) < 4.78 is 0. The van der Waals surface area contributed by atoms with E-state index in [-0.39, 0.29) is 0 Å². The molecule has 0 spiro atoms. The molecule has 0 fully saturated rings. The predicted octanol–water partition coefficient (Wildman–Crippen LogP) is 13.9. The molecule has 0 heterocycles. The van der Waals surface area contributed by atoms with Crippen LogP contribution in [0, 0.1) is 0 Å². The maximum atomic E-state index is 2.32. The molecule has 9 rings (SSSR count). The second-order valence-electron chi connectivity index (χ2n) is 12.8. The second-order valence-corrected chi connectivity index (χ2v) is 12.8. The Balaban J connectivity index is 1.57. The Bertz CT molecular complexity index is 2250. The van der Waals surface area contributed by atoms with E-state index in [1.54, 1.807) is 0 Å². The SMILES string of the molecule is c1ccc(-c2c(-c3ccccc3)c(-c3ccccc3)c(-c3ccc4cccc-4cc3)c(-c3ccc4cccc-4cc3)c2-c2ccccc2)cc1. The van der Waals surface area contributed by atoms with Crippen molar-refractivity contribution in [1.29, 1.82) is 0 Å². The summed E-state index contributed by atoms with van der Waals surface area (Å²) >= 11 is 0. The molecule has 0 aliphatic heterocycles. The van der Waals surface area contributed by atoms with Gasteiger partial charge in [-0.1, -0.05) is 206 Å². The van der Waals surface area contributed by atoms with Crippen LogP contribution in [0.3, 0.4) is 0 Å². The van der Waals surface area contributed by atoms with E-state index < -0.39 is 0 Å². The van der Waals surface area contributed by atoms with E-state index in [0.717, 1.165) is 0 Å². The van der Waals surface area contributed by atoms with Crippen molar-refractivity contribution in [3.8, 4) is 89.0 Å². The highest BCUT2D eigenvalue weighted by Crippen LogP contribution is 2.56. The first-order valence-corrected chi connectivity index (χ1v) is 17.3. The van der Waals surface area contributed by atoms with Gasteiger partial charge in [0.2, 0.25) is 0 Å². The molecule has 0 saturated carbocycles. The maximum absolute atomic E-state index is 2.32. The molecule has 0 unspecified atom stereocenters. The molecule has 0 nitrogen and oxygen atoms in total. The van der Waals surface area contributed by atoms with Crippen LogP contribution in [0.5, 0.6) is 0 Å². The van der Waals surface area contributed by atoms with E-state index in [2.05, 4.69) is 206 Å². The van der Waals surface area contributed by atoms with Gasteiger partial charge >= 0.3 is 0 Å². The van der Waals surface area contributed by atoms with Crippen molar-refractivity contribution in [3.05, 3.63) is 206 Å². The maximum Gasteiger partial charge on any atom is -0.00139 e. The summed E-state index contributed by atoms with van der Waals surface area (Å²) in [5, 5.41) is 0. The monoisotopic (exact) mass is 634 g/mol. The Morgan fingerprint density at radius 2 is 0.280 bits per heavy atom. The molecular formula is C50H34. The lowest BCUT2D eigenvalue weighted by molar-refractivity contribution is 1.52. The van der Waals surface area contributed by atoms with Crippen LogP contribution in [0.25, 0.3) is 89.0 Å². The summed E-state index contributed by atoms with van der Waals surface area (Å²) in [5.74, 6) is 0. The van der Waals surface area contributed by atoms with E-state index in [1.807, 2.05) is 0 Å². The minimum atomic E-state index is 1.18. The van der Waals surface area contributed by atoms with Crippen molar-refractivity contribution in [2.75, 3.05) is 0 Å². The van der Waals surface area contributed by atoms with Crippen molar-refractivity contribution >= 4 is 0 Å². The van der Waals surface area contributed by atoms with Crippen molar-refractivity contribution < 1.29 is 0 Å². The summed E-state index contributed by atoms with van der Waals surface area (Å²) in [6.07, 6.45) is 0. The van der Waals surface area contributed by atoms with Gasteiger partial charge in [0.15, 0.2) is 0 Å². The Labute approximate surface area is 294 Å². The first kappa shape index (κ1) is 29.6. The van der Waals surface area contributed by atoms with Gasteiger partial charge in [-0.2, -0.15) is 0 Å². The fraction of sp³-hybridized carbons (Fsp3) is 0. The summed E-state index contributed by atoms with van der Waals surface area (Å²) in [6.45, 7) is 0. The van der Waals surface area contributed by atoms with Crippen molar-refractivity contribution in [2.45, 2.75) is 0 Å². The number of benzene rings is 5. The normalized spacial score (nSPS) is 11.2. The molecule has 0 radical (unpaired) electrons. The van der Waals surface area contributed by atoms with Gasteiger partial charge in [-0.25, -0.2) is 0 Å². The van der Waals surface area contributed by atoms with Crippen molar-refractivity contribution in [3.63, 3.8) is 0 Å². The van der Waals surface area contributed by atoms with Gasteiger partial charge in [0, 0.05) is 0 Å². The minimum Gasteiger partial charge on any atom is -0.0622 e. The molecule has 0 heteroatoms. The molecule has 0 bridgehead atoms. The zero-order valence-corrected chi connectivity index (χ0v) is 27.6. The van der Waals surface area contributed by atoms with Crippen LogP contribution in [0.1, 0.15) is 0 Å². The Morgan fingerprint density at radius 1 is 0.120 bits per heavy atom. The Morgan fingerprint density at radius 3 is 0.500 bits per heavy atom. The minimum absolute atomic E-state index is 1.18. The van der Waals surface area contributed by atoms with E-state index >= 15 is 0 Å². The average Bonchev–Trinajstić information content (AvgIpc) is 3.73. The molecule has 4 aliphatic rings. The first-order chi connectivity index (χ1) is 24.8. The molecule has 0 atom stereocenters. The first-order valence-electron chi connectivity index (χ1n) is 17.3. The summed E-state index contributed by atoms with van der Waals surface area (Å²) in [4.78, 5) is 0. The lowest BCUT2D eigenvalue weighted by Gasteiger charge is -2.28. The highest BCUT2D eigenvalue weighted by molar-refractivity contribution is 6.15. The van der Waals surface area contributed by atoms with Crippen LogP contribution in [0.15, 0.2) is 206 Å². The topological polar surface area (TPSA) is 0 Å². The van der Waals surface area contributed by atoms with Crippen LogP contribution in [0.2, 0.25) is 0 Å². The molecule has 0 N–H and O–H groups in total. The van der Waals surface area contributed by atoms with Gasteiger partial charge in [-0.15, -0.1) is 0 Å². The van der Waals surface area contributed by atoms with Crippen molar-refractivity contribution in [2.24, 2.45) is 0 Å². The van der Waals surface area contributed by atoms with Crippen LogP contribution < -0.4 is 0 Å². The van der Waals surface area contributed by atoms with Gasteiger partial charge in [0.1, 0.15) is 0 Å². The van der Waals surface area contributed by atoms with E-state index in [9.17, 15) is 0 Å². The standard InChI is InChI=1S/C50H34/c1-5-15-39(16-6-1)45-46(40-17-7-2-8-18-40)48(42-21-11-4-12-22-42)50(44-33-29-37-25-14-26-38(37)30-34-44)49(47(45)41-19-9-3-10-20-41)43-31-27-35-23-13-24-36(35)28-32-43/h1-34H. The number of fused-ring (bicyclic) bond motifs is 2. The summed E-state index contributed by atoms with van der Waals surface area (Å²) in [5.41, 5.74) is 19.4. The number of hydrogen-bond donors (Lipinski definition) is 0. The molecule has 5 aromatic rings. The summed E-state index contributed by atoms with van der Waals surface area (Å²) in [6, 6.07) is 75.3. The zero-order chi connectivity index (χ0) is 33.3. The van der Waals surface area contributed by atoms with E-state index in [0.29, 0.717) is 0 Å². The van der Waals surface area contributed by atoms with Gasteiger partial charge in [-0.05, 0) is 89.0 Å². The molecular weight excluding hydrogens is 601 g/mol. The third kappa shape index (κ3) is 5.28. The molecule has 0 saturated heterocycles.